The molecule has 3 aromatic carbocycles. The van der Waals surface area contributed by atoms with Crippen LogP contribution >= 0.6 is 22.9 Å². The molecule has 3 N–H and O–H groups in total. The highest BCUT2D eigenvalue weighted by Crippen LogP contribution is 2.36. The molecule has 0 bridgehead atoms. The molecule has 378 valence electrons. The lowest BCUT2D eigenvalue weighted by atomic mass is 9.78. The molecule has 1 fully saturated rings. The zero-order valence-electron chi connectivity index (χ0n) is 41.7. The first-order valence-electron chi connectivity index (χ1n) is 24.0. The van der Waals surface area contributed by atoms with Gasteiger partial charge in [0.25, 0.3) is 0 Å². The maximum absolute atomic E-state index is 14.0. The molecule has 0 saturated carbocycles. The van der Waals surface area contributed by atoms with Gasteiger partial charge in [0.1, 0.15) is 31.0 Å². The Hall–Kier alpha value is -5.96. The second kappa shape index (κ2) is 25.4. The van der Waals surface area contributed by atoms with Crippen molar-refractivity contribution in [2.75, 3.05) is 39.6 Å². The molecule has 3 amide bonds. The Morgan fingerprint density at radius 1 is 0.887 bits per heavy atom. The highest BCUT2D eigenvalue weighted by atomic mass is 35.5. The van der Waals surface area contributed by atoms with Crippen LogP contribution in [0.5, 0.6) is 11.8 Å². The smallest absolute Gasteiger partial charge is 0.316 e. The summed E-state index contributed by atoms with van der Waals surface area (Å²) in [5.41, 5.74) is 6.90. The van der Waals surface area contributed by atoms with Gasteiger partial charge in [0.2, 0.25) is 17.7 Å². The van der Waals surface area contributed by atoms with Crippen molar-refractivity contribution in [3.8, 4) is 22.2 Å². The highest BCUT2D eigenvalue weighted by Gasteiger charge is 2.44. The minimum atomic E-state index is -0.954. The molecule has 0 unspecified atom stereocenters. The van der Waals surface area contributed by atoms with Crippen molar-refractivity contribution >= 4 is 46.3 Å². The molecule has 0 radical (unpaired) electrons. The van der Waals surface area contributed by atoms with Crippen LogP contribution in [0.4, 0.5) is 5.69 Å². The minimum absolute atomic E-state index is 0.0133. The van der Waals surface area contributed by atoms with Gasteiger partial charge in [0.15, 0.2) is 5.69 Å². The van der Waals surface area contributed by atoms with E-state index in [-0.39, 0.29) is 43.5 Å². The van der Waals surface area contributed by atoms with Crippen LogP contribution in [0.2, 0.25) is 5.02 Å². The van der Waals surface area contributed by atoms with E-state index in [2.05, 4.69) is 44.3 Å². The number of nitrogens with one attached hydrogen (secondary N) is 2. The quantitative estimate of drug-likeness (QED) is 0.0396. The second-order valence-electron chi connectivity index (χ2n) is 19.4. The third kappa shape index (κ3) is 15.5. The fourth-order valence-corrected chi connectivity index (χ4v) is 9.25. The average molecular weight is 1010 g/mol. The Labute approximate surface area is 426 Å². The molecule has 6 rings (SSSR count). The molecular formula is C54H66ClN7O8S. The van der Waals surface area contributed by atoms with Crippen LogP contribution in [0.1, 0.15) is 108 Å². The van der Waals surface area contributed by atoms with Gasteiger partial charge in [-0.05, 0) is 97.5 Å². The number of nitrogens with zero attached hydrogens (tertiary/aromatic N) is 5. The number of halogens is 1. The van der Waals surface area contributed by atoms with Crippen LogP contribution < -0.4 is 20.1 Å². The number of hydrogen-bond acceptors (Lipinski definition) is 12. The first-order valence-corrected chi connectivity index (χ1v) is 25.3. The summed E-state index contributed by atoms with van der Waals surface area (Å²) in [6.07, 6.45) is 4.00. The summed E-state index contributed by atoms with van der Waals surface area (Å²) in [6, 6.07) is 21.1. The highest BCUT2D eigenvalue weighted by molar-refractivity contribution is 7.13. The van der Waals surface area contributed by atoms with Gasteiger partial charge in [-0.15, -0.1) is 11.3 Å². The van der Waals surface area contributed by atoms with Crippen LogP contribution in [-0.2, 0) is 35.9 Å². The van der Waals surface area contributed by atoms with Gasteiger partial charge < -0.3 is 39.6 Å². The maximum atomic E-state index is 14.0. The van der Waals surface area contributed by atoms with Crippen LogP contribution in [0, 0.1) is 18.9 Å². The molecule has 0 aliphatic carbocycles. The van der Waals surface area contributed by atoms with Crippen molar-refractivity contribution < 1.29 is 38.4 Å². The van der Waals surface area contributed by atoms with Gasteiger partial charge in [-0.2, -0.15) is 4.98 Å². The van der Waals surface area contributed by atoms with E-state index in [4.69, 9.17) is 37.1 Å². The third-order valence-corrected chi connectivity index (χ3v) is 13.6. The number of rotatable bonds is 24. The van der Waals surface area contributed by atoms with E-state index in [1.165, 1.54) is 4.90 Å². The fourth-order valence-electron chi connectivity index (χ4n) is 8.21. The number of thiazole rings is 1. The standard InChI is InChI=1S/C54H66ClN7O8S/c1-35(37-13-15-38(16-14-37)48-36(2)58-34-71-48)59-50(65)46-30-44(63)31-62(46)51(66)49(53(3,4)5)61-47(64)33-68-25-12-24-67-23-10-9-11-26-69-52-57-22-21-42(60-52)32-70-45-19-17-39(18-20-45)54(6,7)40-27-41(55)29-43(28-40)56-8/h13-22,27-29,34-35,44,46,49,63H,9-12,23-26,30-33H2,1-7H3,(H,59,65)(H,61,64)/t35-,44+,46-,49+/m0/s1. The minimum Gasteiger partial charge on any atom is -0.487 e. The molecule has 4 atom stereocenters. The first-order chi connectivity index (χ1) is 33.9. The van der Waals surface area contributed by atoms with Crippen molar-refractivity contribution in [1.29, 1.82) is 0 Å². The molecular weight excluding hydrogens is 942 g/mol. The van der Waals surface area contributed by atoms with Crippen molar-refractivity contribution in [3.63, 3.8) is 0 Å². The summed E-state index contributed by atoms with van der Waals surface area (Å²) >= 11 is 7.86. The molecule has 15 nitrogen and oxygen atoms in total. The first kappa shape index (κ1) is 54.4. The monoisotopic (exact) mass is 1010 g/mol. The summed E-state index contributed by atoms with van der Waals surface area (Å²) in [5, 5.41) is 17.0. The third-order valence-electron chi connectivity index (χ3n) is 12.4. The molecule has 1 aliphatic heterocycles. The van der Waals surface area contributed by atoms with E-state index in [0.717, 1.165) is 52.1 Å². The summed E-state index contributed by atoms with van der Waals surface area (Å²) < 4.78 is 23.2. The fraction of sp³-hybridized carbons (Fsp3) is 0.463. The van der Waals surface area contributed by atoms with Gasteiger partial charge in [-0.3, -0.25) is 14.4 Å². The van der Waals surface area contributed by atoms with Crippen molar-refractivity contribution in [1.82, 2.24) is 30.5 Å². The summed E-state index contributed by atoms with van der Waals surface area (Å²) in [5.74, 6) is -0.553. The van der Waals surface area contributed by atoms with Gasteiger partial charge in [-0.25, -0.2) is 14.8 Å². The summed E-state index contributed by atoms with van der Waals surface area (Å²) in [7, 11) is 0. The number of aryl methyl sites for hydroxylation is 1. The lowest BCUT2D eigenvalue weighted by molar-refractivity contribution is -0.144. The Morgan fingerprint density at radius 3 is 2.31 bits per heavy atom. The van der Waals surface area contributed by atoms with Crippen LogP contribution in [0.3, 0.4) is 0 Å². The maximum Gasteiger partial charge on any atom is 0.316 e. The number of carbonyl (C=O) groups excluding carboxylic acids is 3. The number of amides is 3. The lowest BCUT2D eigenvalue weighted by Gasteiger charge is -2.35. The number of aliphatic hydroxyl groups excluding tert-OH is 1. The predicted molar refractivity (Wildman–Crippen MR) is 275 cm³/mol. The van der Waals surface area contributed by atoms with Crippen molar-refractivity contribution in [3.05, 3.63) is 129 Å². The average Bonchev–Trinajstić information content (AvgIpc) is 3.97. The van der Waals surface area contributed by atoms with E-state index in [9.17, 15) is 19.5 Å². The molecule has 3 heterocycles. The number of aromatic nitrogens is 3. The molecule has 0 spiro atoms. The van der Waals surface area contributed by atoms with E-state index >= 15 is 0 Å². The largest absolute Gasteiger partial charge is 0.487 e. The van der Waals surface area contributed by atoms with E-state index in [0.29, 0.717) is 61.0 Å². The number of carbonyl (C=O) groups is 3. The summed E-state index contributed by atoms with van der Waals surface area (Å²) in [6.45, 7) is 22.8. The molecule has 5 aromatic rings. The van der Waals surface area contributed by atoms with Crippen molar-refractivity contribution in [2.24, 2.45) is 5.41 Å². The topological polar surface area (TPSA) is 179 Å². The zero-order valence-corrected chi connectivity index (χ0v) is 43.3. The number of aliphatic hydroxyl groups is 1. The normalized spacial score (nSPS) is 15.7. The number of hydrogen-bond donors (Lipinski definition) is 3. The van der Waals surface area contributed by atoms with E-state index in [1.807, 2.05) is 101 Å². The number of benzene rings is 3. The Kier molecular flexibility index (Phi) is 19.5. The molecule has 1 saturated heterocycles. The number of β-amino-alcohol motifs (C(OH)–C–C–N with tert-alkyl or cyclic N) is 1. The van der Waals surface area contributed by atoms with Crippen LogP contribution in [0.15, 0.2) is 84.5 Å². The lowest BCUT2D eigenvalue weighted by Crippen LogP contribution is -2.58. The van der Waals surface area contributed by atoms with E-state index < -0.39 is 35.4 Å². The number of ether oxygens (including phenoxy) is 4. The molecule has 17 heteroatoms. The Bertz CT molecular complexity index is 2600. The Balaban J connectivity index is 0.828. The zero-order chi connectivity index (χ0) is 51.1. The predicted octanol–water partition coefficient (Wildman–Crippen LogP) is 9.36. The van der Waals surface area contributed by atoms with E-state index in [1.54, 1.807) is 29.7 Å². The second-order valence-corrected chi connectivity index (χ2v) is 20.7. The van der Waals surface area contributed by atoms with Gasteiger partial charge >= 0.3 is 6.01 Å². The summed E-state index contributed by atoms with van der Waals surface area (Å²) in [4.78, 5) is 59.8. The molecule has 71 heavy (non-hydrogen) atoms. The van der Waals surface area contributed by atoms with Crippen LogP contribution in [0.25, 0.3) is 15.3 Å². The SMILES string of the molecule is [C-]#[N+]c1cc(Cl)cc(C(C)(C)c2ccc(OCc3ccnc(OCCCCCOCCCOCC(=O)N[C@H](C(=O)N4C[C@H](O)C[C@H]4C(=O)N[C@@H](C)c4ccc(-c5scnc5C)cc4)C(C)(C)C)n3)cc2)c1. The van der Waals surface area contributed by atoms with Gasteiger partial charge in [0.05, 0.1) is 47.1 Å². The molecule has 1 aliphatic rings. The Morgan fingerprint density at radius 2 is 1.61 bits per heavy atom. The number of likely N-dealkylation sites (tertiary alicyclic amines) is 1. The van der Waals surface area contributed by atoms with Gasteiger partial charge in [-0.1, -0.05) is 88.7 Å². The van der Waals surface area contributed by atoms with Crippen LogP contribution in [-0.4, -0.2) is 100 Å². The van der Waals surface area contributed by atoms with Gasteiger partial charge in [0, 0.05) is 49.4 Å². The molecule has 2 aromatic heterocycles. The van der Waals surface area contributed by atoms with Crippen molar-refractivity contribution in [2.45, 2.75) is 117 Å². The number of unbranched alkanes of at least 4 members (excludes halogenated alkanes) is 2.